The number of aliphatic hydroxyl groups is 1. The molecular weight excluding hydrogens is 130 g/mol. The number of hydrogen-bond acceptors (Lipinski definition) is 3. The molecule has 2 N–H and O–H groups in total. The molecule has 0 rings (SSSR count). The minimum Gasteiger partial charge on any atom is -0.376 e. The average Bonchev–Trinajstić information content (AvgIpc) is 1.67. The molecule has 0 aromatic carbocycles. The van der Waals surface area contributed by atoms with E-state index in [4.69, 9.17) is 5.11 Å². The Morgan fingerprint density at radius 3 is 2.12 bits per heavy atom. The lowest BCUT2D eigenvalue weighted by atomic mass is 10.9. The van der Waals surface area contributed by atoms with Crippen LogP contribution in [0.15, 0.2) is 0 Å². The van der Waals surface area contributed by atoms with Crippen molar-refractivity contribution in [3.8, 4) is 0 Å². The lowest BCUT2D eigenvalue weighted by Gasteiger charge is -2.01. The molecule has 0 aliphatic carbocycles. The number of rotatable bonds is 2. The summed E-state index contributed by atoms with van der Waals surface area (Å²) in [5.74, 6) is 0. The summed E-state index contributed by atoms with van der Waals surface area (Å²) in [5.41, 5.74) is -1.58. The van der Waals surface area contributed by atoms with E-state index in [2.05, 4.69) is 6.92 Å². The van der Waals surface area contributed by atoms with Gasteiger partial charge in [-0.25, -0.2) is 13.1 Å². The molecule has 1 radical (unpaired) electrons. The number of sulfonamides is 1. The number of hydrogen-bond donors (Lipinski definition) is 2. The predicted molar refractivity (Wildman–Crippen MR) is 29.3 cm³/mol. The quantitative estimate of drug-likeness (QED) is 0.498. The number of nitrogens with one attached hydrogen (secondary N) is 1. The van der Waals surface area contributed by atoms with E-state index >= 15 is 0 Å². The van der Waals surface area contributed by atoms with Crippen molar-refractivity contribution in [3.05, 3.63) is 6.92 Å². The summed E-state index contributed by atoms with van der Waals surface area (Å²) in [5, 5.41) is 8.32. The minimum absolute atomic E-state index is 1.21. The van der Waals surface area contributed by atoms with Gasteiger partial charge >= 0.3 is 0 Å². The molecule has 0 aliphatic rings. The van der Waals surface area contributed by atoms with Crippen LogP contribution in [0.25, 0.3) is 0 Å². The van der Waals surface area contributed by atoms with Crippen LogP contribution < -0.4 is 4.72 Å². The second-order valence-electron chi connectivity index (χ2n) is 1.20. The first-order valence-corrected chi connectivity index (χ1v) is 3.49. The Morgan fingerprint density at radius 1 is 1.75 bits per heavy atom. The van der Waals surface area contributed by atoms with E-state index in [1.165, 1.54) is 7.05 Å². The molecule has 0 aromatic rings. The van der Waals surface area contributed by atoms with Gasteiger partial charge in [0.25, 0.3) is 0 Å². The molecule has 4 nitrogen and oxygen atoms in total. The maximum absolute atomic E-state index is 10.3. The minimum atomic E-state index is -3.54. The highest BCUT2D eigenvalue weighted by molar-refractivity contribution is 7.89. The van der Waals surface area contributed by atoms with Crippen LogP contribution in [0.5, 0.6) is 0 Å². The maximum Gasteiger partial charge on any atom is 0.238 e. The van der Waals surface area contributed by atoms with E-state index in [0.717, 1.165) is 0 Å². The van der Waals surface area contributed by atoms with Gasteiger partial charge in [0.2, 0.25) is 10.0 Å². The topological polar surface area (TPSA) is 66.4 Å². The lowest BCUT2D eigenvalue weighted by molar-refractivity contribution is 0.290. The smallest absolute Gasteiger partial charge is 0.238 e. The summed E-state index contributed by atoms with van der Waals surface area (Å²) in [6.45, 7) is 2.89. The molecule has 0 saturated carbocycles. The molecule has 0 saturated heterocycles. The largest absolute Gasteiger partial charge is 0.376 e. The van der Waals surface area contributed by atoms with Crippen molar-refractivity contribution in [1.82, 2.24) is 4.72 Å². The SMILES string of the molecule is [CH2]C(O)S(=O)(=O)NC. The standard InChI is InChI=1S/C3H8NO3S/c1-3(5)8(6,7)4-2/h3-5H,1H2,2H3. The first kappa shape index (κ1) is 7.87. The highest BCUT2D eigenvalue weighted by Gasteiger charge is 2.13. The van der Waals surface area contributed by atoms with Gasteiger partial charge in [-0.1, -0.05) is 0 Å². The van der Waals surface area contributed by atoms with E-state index in [1.807, 2.05) is 4.72 Å². The highest BCUT2D eigenvalue weighted by Crippen LogP contribution is 1.88. The third kappa shape index (κ3) is 1.77. The second-order valence-corrected chi connectivity index (χ2v) is 3.25. The van der Waals surface area contributed by atoms with Crippen LogP contribution in [0.1, 0.15) is 0 Å². The van der Waals surface area contributed by atoms with E-state index < -0.39 is 15.5 Å². The Labute approximate surface area is 48.6 Å². The molecule has 0 aliphatic heterocycles. The molecule has 0 aromatic heterocycles. The molecule has 0 amide bonds. The summed E-state index contributed by atoms with van der Waals surface area (Å²) >= 11 is 0. The van der Waals surface area contributed by atoms with Crippen molar-refractivity contribution < 1.29 is 13.5 Å². The second kappa shape index (κ2) is 2.43. The summed E-state index contributed by atoms with van der Waals surface area (Å²) < 4.78 is 22.5. The van der Waals surface area contributed by atoms with Crippen molar-refractivity contribution in [3.63, 3.8) is 0 Å². The molecule has 0 heterocycles. The van der Waals surface area contributed by atoms with Crippen LogP contribution in [0, 0.1) is 6.92 Å². The van der Waals surface area contributed by atoms with Gasteiger partial charge in [0.05, 0.1) is 0 Å². The van der Waals surface area contributed by atoms with Crippen LogP contribution in [0.3, 0.4) is 0 Å². The van der Waals surface area contributed by atoms with Gasteiger partial charge in [-0.15, -0.1) is 0 Å². The van der Waals surface area contributed by atoms with Crippen LogP contribution in [0.4, 0.5) is 0 Å². The van der Waals surface area contributed by atoms with Crippen LogP contribution >= 0.6 is 0 Å². The van der Waals surface area contributed by atoms with Crippen LogP contribution in [-0.4, -0.2) is 26.0 Å². The molecule has 1 atom stereocenters. The fourth-order valence-corrected chi connectivity index (χ4v) is 0.408. The first-order valence-electron chi connectivity index (χ1n) is 1.94. The van der Waals surface area contributed by atoms with E-state index in [1.54, 1.807) is 0 Å². The molecule has 5 heteroatoms. The number of aliphatic hydroxyl groups excluding tert-OH is 1. The zero-order chi connectivity index (χ0) is 6.78. The van der Waals surface area contributed by atoms with Crippen LogP contribution in [-0.2, 0) is 10.0 Å². The normalized spacial score (nSPS) is 15.9. The molecule has 8 heavy (non-hydrogen) atoms. The van der Waals surface area contributed by atoms with E-state index in [9.17, 15) is 8.42 Å². The zero-order valence-corrected chi connectivity index (χ0v) is 5.27. The van der Waals surface area contributed by atoms with Gasteiger partial charge in [-0.2, -0.15) is 0 Å². The van der Waals surface area contributed by atoms with Gasteiger partial charge < -0.3 is 5.11 Å². The van der Waals surface area contributed by atoms with E-state index in [-0.39, 0.29) is 0 Å². The summed E-state index contributed by atoms with van der Waals surface area (Å²) in [7, 11) is -2.33. The Bertz CT molecular complexity index is 148. The average molecular weight is 138 g/mol. The summed E-state index contributed by atoms with van der Waals surface area (Å²) in [6.07, 6.45) is 0. The van der Waals surface area contributed by atoms with Gasteiger partial charge in [0, 0.05) is 0 Å². The maximum atomic E-state index is 10.3. The van der Waals surface area contributed by atoms with Gasteiger partial charge in [0.15, 0.2) is 5.44 Å². The zero-order valence-electron chi connectivity index (χ0n) is 4.46. The van der Waals surface area contributed by atoms with Crippen molar-refractivity contribution in [2.45, 2.75) is 5.44 Å². The summed E-state index contributed by atoms with van der Waals surface area (Å²) in [6, 6.07) is 0. The first-order chi connectivity index (χ1) is 3.50. The van der Waals surface area contributed by atoms with Crippen molar-refractivity contribution in [1.29, 1.82) is 0 Å². The molecule has 0 fully saturated rings. The fraction of sp³-hybridized carbons (Fsp3) is 0.667. The predicted octanol–water partition coefficient (Wildman–Crippen LogP) is -1.31. The Morgan fingerprint density at radius 2 is 2.12 bits per heavy atom. The molecular formula is C3H8NO3S. The van der Waals surface area contributed by atoms with Gasteiger partial charge in [-0.3, -0.25) is 0 Å². The van der Waals surface area contributed by atoms with Gasteiger partial charge in [0.1, 0.15) is 0 Å². The van der Waals surface area contributed by atoms with Gasteiger partial charge in [-0.05, 0) is 14.0 Å². The fourth-order valence-electron chi connectivity index (χ4n) is 0.136. The van der Waals surface area contributed by atoms with Crippen molar-refractivity contribution >= 4 is 10.0 Å². The monoisotopic (exact) mass is 138 g/mol. The van der Waals surface area contributed by atoms with Crippen molar-refractivity contribution in [2.24, 2.45) is 0 Å². The third-order valence-electron chi connectivity index (χ3n) is 0.643. The Kier molecular flexibility index (Phi) is 2.39. The third-order valence-corrected chi connectivity index (χ3v) is 1.93. The molecule has 1 unspecified atom stereocenters. The van der Waals surface area contributed by atoms with E-state index in [0.29, 0.717) is 0 Å². The molecule has 0 bridgehead atoms. The Hall–Kier alpha value is -0.130. The Balaban J connectivity index is 4.17. The highest BCUT2D eigenvalue weighted by atomic mass is 32.2. The van der Waals surface area contributed by atoms with Crippen molar-refractivity contribution in [2.75, 3.05) is 7.05 Å². The molecule has 0 spiro atoms. The van der Waals surface area contributed by atoms with Crippen LogP contribution in [0.2, 0.25) is 0 Å². The molecule has 49 valence electrons. The summed E-state index contributed by atoms with van der Waals surface area (Å²) in [4.78, 5) is 0. The lowest BCUT2D eigenvalue weighted by Crippen LogP contribution is -2.29.